The number of ether oxygens (including phenoxy) is 1. The van der Waals surface area contributed by atoms with E-state index in [1.54, 1.807) is 59.4 Å². The number of nitrogens with one attached hydrogen (secondary N) is 1. The maximum Gasteiger partial charge on any atom is 0.255 e. The Morgan fingerprint density at radius 1 is 0.967 bits per heavy atom. The van der Waals surface area contributed by atoms with Gasteiger partial charge in [0.05, 0.1) is 16.8 Å². The second kappa shape index (κ2) is 8.76. The van der Waals surface area contributed by atoms with Gasteiger partial charge in [-0.2, -0.15) is 10.4 Å². The van der Waals surface area contributed by atoms with E-state index in [9.17, 15) is 10.1 Å². The number of nitrogens with zero attached hydrogens (tertiary/aromatic N) is 3. The van der Waals surface area contributed by atoms with Crippen molar-refractivity contribution in [2.45, 2.75) is 6.54 Å². The molecule has 6 heteroatoms. The monoisotopic (exact) mass is 394 g/mol. The van der Waals surface area contributed by atoms with E-state index in [1.165, 1.54) is 0 Å². The number of para-hydroxylation sites is 3. The fourth-order valence-electron chi connectivity index (χ4n) is 3.08. The number of amides is 1. The molecule has 146 valence electrons. The van der Waals surface area contributed by atoms with Crippen LogP contribution in [0.15, 0.2) is 91.3 Å². The predicted octanol–water partition coefficient (Wildman–Crippen LogP) is 4.47. The van der Waals surface area contributed by atoms with E-state index in [4.69, 9.17) is 4.74 Å². The maximum absolute atomic E-state index is 12.9. The first-order chi connectivity index (χ1) is 14.8. The quantitative estimate of drug-likeness (QED) is 0.523. The highest BCUT2D eigenvalue weighted by molar-refractivity contribution is 5.97. The lowest BCUT2D eigenvalue weighted by molar-refractivity contribution is 0.0948. The molecule has 0 bridgehead atoms. The Morgan fingerprint density at radius 3 is 2.50 bits per heavy atom. The van der Waals surface area contributed by atoms with Crippen LogP contribution in [0.2, 0.25) is 0 Å². The van der Waals surface area contributed by atoms with Gasteiger partial charge in [0.15, 0.2) is 0 Å². The highest BCUT2D eigenvalue weighted by atomic mass is 16.5. The van der Waals surface area contributed by atoms with E-state index in [0.29, 0.717) is 29.2 Å². The SMILES string of the molecule is N#Cc1ccccc1Oc1ccccc1C(=O)NCc1ccccc1-n1cccn1. The van der Waals surface area contributed by atoms with Gasteiger partial charge in [0.2, 0.25) is 0 Å². The zero-order chi connectivity index (χ0) is 20.8. The number of nitriles is 1. The van der Waals surface area contributed by atoms with Crippen molar-refractivity contribution < 1.29 is 9.53 Å². The Morgan fingerprint density at radius 2 is 1.70 bits per heavy atom. The van der Waals surface area contributed by atoms with Gasteiger partial charge in [-0.25, -0.2) is 4.68 Å². The van der Waals surface area contributed by atoms with Gasteiger partial charge in [-0.15, -0.1) is 0 Å². The molecule has 0 saturated carbocycles. The fraction of sp³-hybridized carbons (Fsp3) is 0.0417. The lowest BCUT2D eigenvalue weighted by Crippen LogP contribution is -2.24. The third-order valence-corrected chi connectivity index (χ3v) is 4.54. The summed E-state index contributed by atoms with van der Waals surface area (Å²) in [6, 6.07) is 25.6. The molecule has 1 amide bonds. The van der Waals surface area contributed by atoms with Crippen molar-refractivity contribution in [2.24, 2.45) is 0 Å². The molecule has 0 aliphatic rings. The Hall–Kier alpha value is -4.37. The fourth-order valence-corrected chi connectivity index (χ4v) is 3.08. The van der Waals surface area contributed by atoms with Crippen molar-refractivity contribution in [3.8, 4) is 23.3 Å². The molecule has 1 heterocycles. The van der Waals surface area contributed by atoms with Crippen LogP contribution >= 0.6 is 0 Å². The largest absolute Gasteiger partial charge is 0.455 e. The first-order valence-corrected chi connectivity index (χ1v) is 9.38. The molecule has 1 N–H and O–H groups in total. The van der Waals surface area contributed by atoms with Crippen LogP contribution < -0.4 is 10.1 Å². The normalized spacial score (nSPS) is 10.2. The minimum absolute atomic E-state index is 0.268. The summed E-state index contributed by atoms with van der Waals surface area (Å²) in [4.78, 5) is 12.9. The molecule has 0 aliphatic carbocycles. The van der Waals surface area contributed by atoms with Gasteiger partial charge >= 0.3 is 0 Å². The number of aromatic nitrogens is 2. The molecule has 4 aromatic rings. The van der Waals surface area contributed by atoms with Gasteiger partial charge in [-0.05, 0) is 42.0 Å². The van der Waals surface area contributed by atoms with E-state index in [1.807, 2.05) is 36.5 Å². The van der Waals surface area contributed by atoms with Crippen LogP contribution in [0.5, 0.6) is 11.5 Å². The molecule has 0 radical (unpaired) electrons. The van der Waals surface area contributed by atoms with Gasteiger partial charge < -0.3 is 10.1 Å². The third-order valence-electron chi connectivity index (χ3n) is 4.54. The lowest BCUT2D eigenvalue weighted by atomic mass is 10.1. The second-order valence-corrected chi connectivity index (χ2v) is 6.47. The lowest BCUT2D eigenvalue weighted by Gasteiger charge is -2.13. The van der Waals surface area contributed by atoms with Gasteiger partial charge in [-0.1, -0.05) is 42.5 Å². The van der Waals surface area contributed by atoms with Crippen molar-refractivity contribution in [1.29, 1.82) is 5.26 Å². The highest BCUT2D eigenvalue weighted by Gasteiger charge is 2.15. The first-order valence-electron chi connectivity index (χ1n) is 9.38. The number of hydrogen-bond donors (Lipinski definition) is 1. The maximum atomic E-state index is 12.9. The summed E-state index contributed by atoms with van der Waals surface area (Å²) in [6.45, 7) is 0.331. The van der Waals surface area contributed by atoms with Crippen LogP contribution in [0.4, 0.5) is 0 Å². The van der Waals surface area contributed by atoms with Gasteiger partial charge in [0.1, 0.15) is 17.6 Å². The van der Waals surface area contributed by atoms with Crippen LogP contribution in [0.25, 0.3) is 5.69 Å². The Labute approximate surface area is 174 Å². The Kier molecular flexibility index (Phi) is 5.54. The van der Waals surface area contributed by atoms with Crippen molar-refractivity contribution in [2.75, 3.05) is 0 Å². The minimum atomic E-state index is -0.268. The topological polar surface area (TPSA) is 79.9 Å². The molecule has 0 atom stereocenters. The number of benzene rings is 3. The molecule has 1 aromatic heterocycles. The van der Waals surface area contributed by atoms with Crippen LogP contribution in [-0.2, 0) is 6.54 Å². The number of rotatable bonds is 6. The van der Waals surface area contributed by atoms with E-state index < -0.39 is 0 Å². The molecule has 0 spiro atoms. The average molecular weight is 394 g/mol. The molecule has 0 saturated heterocycles. The standard InChI is InChI=1S/C24H18N4O2/c25-16-18-8-2-5-12-22(18)30-23-13-6-3-10-20(23)24(29)26-17-19-9-1-4-11-21(19)28-15-7-14-27-28/h1-15H,17H2,(H,26,29). The molecular weight excluding hydrogens is 376 g/mol. The average Bonchev–Trinajstić information content (AvgIpc) is 3.33. The van der Waals surface area contributed by atoms with Crippen LogP contribution in [0.3, 0.4) is 0 Å². The third kappa shape index (κ3) is 4.05. The van der Waals surface area contributed by atoms with E-state index in [2.05, 4.69) is 16.5 Å². The smallest absolute Gasteiger partial charge is 0.255 e. The van der Waals surface area contributed by atoms with Crippen molar-refractivity contribution in [3.63, 3.8) is 0 Å². The van der Waals surface area contributed by atoms with Crippen LogP contribution in [0, 0.1) is 11.3 Å². The zero-order valence-electron chi connectivity index (χ0n) is 16.0. The van der Waals surface area contributed by atoms with Gasteiger partial charge in [0.25, 0.3) is 5.91 Å². The summed E-state index contributed by atoms with van der Waals surface area (Å²) < 4.78 is 7.65. The number of carbonyl (C=O) groups is 1. The first kappa shape index (κ1) is 19.0. The van der Waals surface area contributed by atoms with E-state index in [0.717, 1.165) is 11.3 Å². The summed E-state index contributed by atoms with van der Waals surface area (Å²) in [5.41, 5.74) is 2.63. The Balaban J connectivity index is 1.54. The molecular formula is C24H18N4O2. The van der Waals surface area contributed by atoms with Gasteiger partial charge in [0, 0.05) is 18.9 Å². The summed E-state index contributed by atoms with van der Waals surface area (Å²) in [6.07, 6.45) is 3.57. The molecule has 0 fully saturated rings. The van der Waals surface area contributed by atoms with Crippen molar-refractivity contribution in [1.82, 2.24) is 15.1 Å². The molecule has 0 unspecified atom stereocenters. The molecule has 0 aliphatic heterocycles. The molecule has 30 heavy (non-hydrogen) atoms. The van der Waals surface area contributed by atoms with E-state index in [-0.39, 0.29) is 5.91 Å². The number of hydrogen-bond acceptors (Lipinski definition) is 4. The summed E-state index contributed by atoms with van der Waals surface area (Å²) in [5, 5.41) is 16.5. The van der Waals surface area contributed by atoms with Gasteiger partial charge in [-0.3, -0.25) is 4.79 Å². The number of carbonyl (C=O) groups excluding carboxylic acids is 1. The summed E-state index contributed by atoms with van der Waals surface area (Å²) in [7, 11) is 0. The molecule has 4 rings (SSSR count). The van der Waals surface area contributed by atoms with E-state index >= 15 is 0 Å². The molecule has 6 nitrogen and oxygen atoms in total. The van der Waals surface area contributed by atoms with Crippen molar-refractivity contribution >= 4 is 5.91 Å². The zero-order valence-corrected chi connectivity index (χ0v) is 16.0. The summed E-state index contributed by atoms with van der Waals surface area (Å²) in [5.74, 6) is 0.526. The summed E-state index contributed by atoms with van der Waals surface area (Å²) >= 11 is 0. The Bertz CT molecular complexity index is 1210. The minimum Gasteiger partial charge on any atom is -0.455 e. The highest BCUT2D eigenvalue weighted by Crippen LogP contribution is 2.28. The van der Waals surface area contributed by atoms with Crippen LogP contribution in [-0.4, -0.2) is 15.7 Å². The molecule has 3 aromatic carbocycles. The van der Waals surface area contributed by atoms with Crippen molar-refractivity contribution in [3.05, 3.63) is 108 Å². The predicted molar refractivity (Wildman–Crippen MR) is 112 cm³/mol. The second-order valence-electron chi connectivity index (χ2n) is 6.47. The van der Waals surface area contributed by atoms with Crippen LogP contribution in [0.1, 0.15) is 21.5 Å².